The van der Waals surface area contributed by atoms with E-state index in [1.54, 1.807) is 6.26 Å². The fraction of sp³-hybridized carbons (Fsp3) is 0.750. The van der Waals surface area contributed by atoms with Gasteiger partial charge in [-0.05, 0) is 50.2 Å². The molecule has 0 radical (unpaired) electrons. The number of nitrogens with zero attached hydrogens (tertiary/aromatic N) is 1. The summed E-state index contributed by atoms with van der Waals surface area (Å²) in [6.45, 7) is 6.75. The molecule has 26 heavy (non-hydrogen) atoms. The van der Waals surface area contributed by atoms with Gasteiger partial charge in [0.05, 0.1) is 6.26 Å². The molecule has 2 rings (SSSR count). The summed E-state index contributed by atoms with van der Waals surface area (Å²) in [6.07, 6.45) is 8.94. The molecule has 0 atom stereocenters. The molecule has 148 valence electrons. The molecule has 0 bridgehead atoms. The second kappa shape index (κ2) is 12.0. The molecule has 1 fully saturated rings. The van der Waals surface area contributed by atoms with Gasteiger partial charge >= 0.3 is 0 Å². The SMILES string of the molecule is CCOCCC1(CNC(=NC)NCCCOCc2ccco2)CCCC1. The first-order valence-corrected chi connectivity index (χ1v) is 9.90. The molecule has 0 saturated heterocycles. The van der Waals surface area contributed by atoms with Crippen molar-refractivity contribution in [2.45, 2.75) is 52.1 Å². The number of guanidine groups is 1. The van der Waals surface area contributed by atoms with Crippen molar-refractivity contribution in [1.82, 2.24) is 10.6 Å². The van der Waals surface area contributed by atoms with Crippen LogP contribution in [0.15, 0.2) is 27.8 Å². The van der Waals surface area contributed by atoms with E-state index in [1.807, 2.05) is 19.2 Å². The van der Waals surface area contributed by atoms with Crippen LogP contribution < -0.4 is 10.6 Å². The molecule has 0 aromatic carbocycles. The summed E-state index contributed by atoms with van der Waals surface area (Å²) in [7, 11) is 1.82. The minimum Gasteiger partial charge on any atom is -0.467 e. The van der Waals surface area contributed by atoms with E-state index in [2.05, 4.69) is 22.5 Å². The van der Waals surface area contributed by atoms with Crippen LogP contribution in [0.4, 0.5) is 0 Å². The van der Waals surface area contributed by atoms with Crippen molar-refractivity contribution < 1.29 is 13.9 Å². The lowest BCUT2D eigenvalue weighted by molar-refractivity contribution is 0.104. The molecule has 6 heteroatoms. The molecule has 0 amide bonds. The molecule has 6 nitrogen and oxygen atoms in total. The fourth-order valence-corrected chi connectivity index (χ4v) is 3.51. The second-order valence-electron chi connectivity index (χ2n) is 6.99. The molecule has 0 aliphatic heterocycles. The van der Waals surface area contributed by atoms with Gasteiger partial charge in [-0.15, -0.1) is 0 Å². The molecule has 0 unspecified atom stereocenters. The van der Waals surface area contributed by atoms with E-state index in [-0.39, 0.29) is 0 Å². The van der Waals surface area contributed by atoms with E-state index in [0.29, 0.717) is 18.6 Å². The molecular weight excluding hydrogens is 330 g/mol. The van der Waals surface area contributed by atoms with Crippen LogP contribution >= 0.6 is 0 Å². The second-order valence-corrected chi connectivity index (χ2v) is 6.99. The standard InChI is InChI=1S/C20H35N3O3/c1-3-24-15-11-20(9-4-5-10-20)17-23-19(21-2)22-12-7-13-25-16-18-8-6-14-26-18/h6,8,14H,3-5,7,9-13,15-17H2,1-2H3,(H2,21,22,23). The maximum absolute atomic E-state index is 5.60. The molecule has 1 aliphatic carbocycles. The van der Waals surface area contributed by atoms with Gasteiger partial charge in [-0.3, -0.25) is 4.99 Å². The van der Waals surface area contributed by atoms with Crippen LogP contribution in [0.5, 0.6) is 0 Å². The van der Waals surface area contributed by atoms with Crippen LogP contribution in [0.25, 0.3) is 0 Å². The van der Waals surface area contributed by atoms with Crippen LogP contribution in [-0.4, -0.2) is 45.9 Å². The van der Waals surface area contributed by atoms with Crippen molar-refractivity contribution in [3.05, 3.63) is 24.2 Å². The van der Waals surface area contributed by atoms with Gasteiger partial charge in [-0.25, -0.2) is 0 Å². The molecule has 1 aromatic rings. The molecule has 1 aliphatic rings. The third-order valence-corrected chi connectivity index (χ3v) is 5.08. The lowest BCUT2D eigenvalue weighted by Gasteiger charge is -2.30. The van der Waals surface area contributed by atoms with E-state index in [9.17, 15) is 0 Å². The summed E-state index contributed by atoms with van der Waals surface area (Å²) in [5, 5.41) is 6.90. The van der Waals surface area contributed by atoms with Gasteiger partial charge in [-0.1, -0.05) is 12.8 Å². The predicted molar refractivity (Wildman–Crippen MR) is 104 cm³/mol. The number of hydrogen-bond acceptors (Lipinski definition) is 4. The maximum atomic E-state index is 5.60. The Kier molecular flexibility index (Phi) is 9.56. The largest absolute Gasteiger partial charge is 0.467 e. The summed E-state index contributed by atoms with van der Waals surface area (Å²) in [6, 6.07) is 3.80. The van der Waals surface area contributed by atoms with Crippen molar-refractivity contribution in [3.8, 4) is 0 Å². The van der Waals surface area contributed by atoms with Gasteiger partial charge in [-0.2, -0.15) is 0 Å². The van der Waals surface area contributed by atoms with Crippen LogP contribution in [0.1, 0.15) is 51.2 Å². The van der Waals surface area contributed by atoms with Gasteiger partial charge in [0, 0.05) is 40.0 Å². The third kappa shape index (κ3) is 7.38. The highest BCUT2D eigenvalue weighted by Gasteiger charge is 2.33. The third-order valence-electron chi connectivity index (χ3n) is 5.08. The van der Waals surface area contributed by atoms with Crippen molar-refractivity contribution in [3.63, 3.8) is 0 Å². The van der Waals surface area contributed by atoms with Gasteiger partial charge in [0.15, 0.2) is 5.96 Å². The van der Waals surface area contributed by atoms with Crippen LogP contribution in [-0.2, 0) is 16.1 Å². The van der Waals surface area contributed by atoms with Gasteiger partial charge in [0.1, 0.15) is 12.4 Å². The first kappa shape index (κ1) is 20.8. The highest BCUT2D eigenvalue weighted by molar-refractivity contribution is 5.79. The number of hydrogen-bond donors (Lipinski definition) is 2. The molecule has 2 N–H and O–H groups in total. The van der Waals surface area contributed by atoms with E-state index in [0.717, 1.165) is 50.9 Å². The van der Waals surface area contributed by atoms with E-state index in [4.69, 9.17) is 13.9 Å². The zero-order chi connectivity index (χ0) is 18.5. The topological polar surface area (TPSA) is 68.0 Å². The van der Waals surface area contributed by atoms with Gasteiger partial charge < -0.3 is 24.5 Å². The summed E-state index contributed by atoms with van der Waals surface area (Å²) in [5.41, 5.74) is 0.360. The first-order chi connectivity index (χ1) is 12.8. The van der Waals surface area contributed by atoms with Crippen molar-refractivity contribution >= 4 is 5.96 Å². The monoisotopic (exact) mass is 365 g/mol. The summed E-state index contributed by atoms with van der Waals surface area (Å²) in [5.74, 6) is 1.74. The Hall–Kier alpha value is -1.53. The highest BCUT2D eigenvalue weighted by atomic mass is 16.5. The maximum Gasteiger partial charge on any atom is 0.190 e. The van der Waals surface area contributed by atoms with Crippen LogP contribution in [0, 0.1) is 5.41 Å². The first-order valence-electron chi connectivity index (χ1n) is 9.90. The van der Waals surface area contributed by atoms with Gasteiger partial charge in [0.25, 0.3) is 0 Å². The summed E-state index contributed by atoms with van der Waals surface area (Å²) < 4.78 is 16.4. The molecule has 0 spiro atoms. The summed E-state index contributed by atoms with van der Waals surface area (Å²) >= 11 is 0. The molecule has 1 aromatic heterocycles. The van der Waals surface area contributed by atoms with E-state index in [1.165, 1.54) is 25.7 Å². The zero-order valence-electron chi connectivity index (χ0n) is 16.4. The number of rotatable bonds is 12. The highest BCUT2D eigenvalue weighted by Crippen LogP contribution is 2.40. The minimum atomic E-state index is 0.360. The van der Waals surface area contributed by atoms with Crippen molar-refractivity contribution in [1.29, 1.82) is 0 Å². The number of aliphatic imine (C=N–C) groups is 1. The summed E-state index contributed by atoms with van der Waals surface area (Å²) in [4.78, 5) is 4.34. The predicted octanol–water partition coefficient (Wildman–Crippen LogP) is 3.34. The van der Waals surface area contributed by atoms with E-state index >= 15 is 0 Å². The molecule has 1 saturated carbocycles. The Morgan fingerprint density at radius 3 is 2.77 bits per heavy atom. The van der Waals surface area contributed by atoms with Crippen LogP contribution in [0.2, 0.25) is 0 Å². The van der Waals surface area contributed by atoms with E-state index < -0.39 is 0 Å². The minimum absolute atomic E-state index is 0.360. The lowest BCUT2D eigenvalue weighted by Crippen LogP contribution is -2.43. The molecular formula is C20H35N3O3. The number of furan rings is 1. The Bertz CT molecular complexity index is 496. The smallest absolute Gasteiger partial charge is 0.190 e. The number of nitrogens with one attached hydrogen (secondary N) is 2. The number of ether oxygens (including phenoxy) is 2. The normalized spacial score (nSPS) is 16.8. The van der Waals surface area contributed by atoms with Crippen LogP contribution in [0.3, 0.4) is 0 Å². The zero-order valence-corrected chi connectivity index (χ0v) is 16.4. The molecule has 1 heterocycles. The quantitative estimate of drug-likeness (QED) is 0.338. The lowest BCUT2D eigenvalue weighted by atomic mass is 9.83. The fourth-order valence-electron chi connectivity index (χ4n) is 3.51. The average molecular weight is 366 g/mol. The van der Waals surface area contributed by atoms with Gasteiger partial charge in [0.2, 0.25) is 0 Å². The van der Waals surface area contributed by atoms with Crippen molar-refractivity contribution in [2.75, 3.05) is 40.0 Å². The average Bonchev–Trinajstić information content (AvgIpc) is 3.33. The Labute approximate surface area is 157 Å². The Balaban J connectivity index is 1.60. The Morgan fingerprint density at radius 2 is 2.08 bits per heavy atom. The van der Waals surface area contributed by atoms with Crippen molar-refractivity contribution in [2.24, 2.45) is 10.4 Å². The Morgan fingerprint density at radius 1 is 1.23 bits per heavy atom.